The van der Waals surface area contributed by atoms with Gasteiger partial charge in [0.1, 0.15) is 5.82 Å². The minimum absolute atomic E-state index is 0.209. The summed E-state index contributed by atoms with van der Waals surface area (Å²) < 4.78 is 0. The average Bonchev–Trinajstić information content (AvgIpc) is 3.07. The van der Waals surface area contributed by atoms with Gasteiger partial charge in [-0.2, -0.15) is 0 Å². The van der Waals surface area contributed by atoms with Crippen LogP contribution in [-0.4, -0.2) is 22.5 Å². The Hall–Kier alpha value is -3.08. The van der Waals surface area contributed by atoms with Crippen LogP contribution in [0.3, 0.4) is 0 Å². The number of H-pyrrole nitrogens is 1. The molecular formula is C19H20N4O. The lowest BCUT2D eigenvalue weighted by atomic mass is 10.2. The Morgan fingerprint density at radius 3 is 2.62 bits per heavy atom. The van der Waals surface area contributed by atoms with Crippen molar-refractivity contribution in [3.63, 3.8) is 0 Å². The number of rotatable bonds is 5. The van der Waals surface area contributed by atoms with Gasteiger partial charge in [-0.25, -0.2) is 9.78 Å². The monoisotopic (exact) mass is 320 g/mol. The zero-order chi connectivity index (χ0) is 16.8. The summed E-state index contributed by atoms with van der Waals surface area (Å²) in [6.45, 7) is 2.48. The number of aromatic amines is 1. The lowest BCUT2D eigenvalue weighted by molar-refractivity contribution is 0.252. The minimum Gasteiger partial charge on any atom is -0.342 e. The van der Waals surface area contributed by atoms with Crippen LogP contribution in [-0.2, 0) is 6.42 Å². The molecule has 0 spiro atoms. The Morgan fingerprint density at radius 2 is 1.83 bits per heavy atom. The van der Waals surface area contributed by atoms with E-state index < -0.39 is 0 Å². The molecule has 2 amide bonds. The van der Waals surface area contributed by atoms with Gasteiger partial charge >= 0.3 is 6.03 Å². The van der Waals surface area contributed by atoms with Gasteiger partial charge in [-0.05, 0) is 24.1 Å². The summed E-state index contributed by atoms with van der Waals surface area (Å²) >= 11 is 0. The van der Waals surface area contributed by atoms with Crippen LogP contribution in [0, 0.1) is 6.92 Å². The third-order valence-corrected chi connectivity index (χ3v) is 3.75. The zero-order valence-corrected chi connectivity index (χ0v) is 13.5. The molecule has 2 aromatic carbocycles. The number of para-hydroxylation sites is 1. The van der Waals surface area contributed by atoms with Crippen LogP contribution in [0.4, 0.5) is 10.5 Å². The molecule has 0 saturated heterocycles. The number of aromatic nitrogens is 2. The van der Waals surface area contributed by atoms with Crippen LogP contribution in [0.1, 0.15) is 11.4 Å². The Kier molecular flexibility index (Phi) is 4.91. The van der Waals surface area contributed by atoms with E-state index in [0.717, 1.165) is 28.3 Å². The van der Waals surface area contributed by atoms with E-state index in [1.165, 1.54) is 0 Å². The Morgan fingerprint density at radius 1 is 1.08 bits per heavy atom. The number of hydrogen-bond acceptors (Lipinski definition) is 2. The largest absolute Gasteiger partial charge is 0.342 e. The van der Waals surface area contributed by atoms with Crippen LogP contribution in [0.25, 0.3) is 11.3 Å². The molecule has 1 aromatic heterocycles. The second-order valence-electron chi connectivity index (χ2n) is 5.56. The maximum Gasteiger partial charge on any atom is 0.319 e. The molecule has 0 fully saturated rings. The zero-order valence-electron chi connectivity index (χ0n) is 13.5. The smallest absolute Gasteiger partial charge is 0.319 e. The van der Waals surface area contributed by atoms with Crippen molar-refractivity contribution < 1.29 is 4.79 Å². The Bertz CT molecular complexity index is 811. The molecule has 0 radical (unpaired) electrons. The number of urea groups is 1. The van der Waals surface area contributed by atoms with Crippen LogP contribution in [0.2, 0.25) is 0 Å². The highest BCUT2D eigenvalue weighted by atomic mass is 16.2. The molecule has 3 aromatic rings. The van der Waals surface area contributed by atoms with Gasteiger partial charge in [0.05, 0.1) is 11.9 Å². The van der Waals surface area contributed by atoms with Crippen LogP contribution >= 0.6 is 0 Å². The lowest BCUT2D eigenvalue weighted by Crippen LogP contribution is -2.30. The number of benzene rings is 2. The first-order valence-corrected chi connectivity index (χ1v) is 7.92. The molecule has 3 N–H and O–H groups in total. The van der Waals surface area contributed by atoms with Crippen LogP contribution in [0.5, 0.6) is 0 Å². The van der Waals surface area contributed by atoms with Gasteiger partial charge < -0.3 is 15.6 Å². The first-order chi connectivity index (χ1) is 11.7. The number of nitrogens with one attached hydrogen (secondary N) is 3. The molecule has 5 nitrogen and oxygen atoms in total. The number of imidazole rings is 1. The molecule has 24 heavy (non-hydrogen) atoms. The third-order valence-electron chi connectivity index (χ3n) is 3.75. The molecule has 0 unspecified atom stereocenters. The summed E-state index contributed by atoms with van der Waals surface area (Å²) in [5, 5.41) is 5.69. The highest BCUT2D eigenvalue weighted by Crippen LogP contribution is 2.16. The van der Waals surface area contributed by atoms with Gasteiger partial charge in [-0.3, -0.25) is 0 Å². The summed E-state index contributed by atoms with van der Waals surface area (Å²) in [6, 6.07) is 17.5. The van der Waals surface area contributed by atoms with Crippen molar-refractivity contribution >= 4 is 11.7 Å². The Labute approximate surface area is 141 Å². The second kappa shape index (κ2) is 7.46. The number of carbonyl (C=O) groups excluding carboxylic acids is 1. The molecule has 0 bridgehead atoms. The standard InChI is InChI=1S/C19H20N4O/c1-14-7-5-6-10-16(14)23-19(24)20-12-11-18-21-13-17(22-18)15-8-3-2-4-9-15/h2-10,13H,11-12H2,1H3,(H,21,22)(H2,20,23,24). The molecular weight excluding hydrogens is 300 g/mol. The van der Waals surface area contributed by atoms with E-state index in [4.69, 9.17) is 0 Å². The van der Waals surface area contributed by atoms with Gasteiger partial charge in [-0.15, -0.1) is 0 Å². The van der Waals surface area contributed by atoms with E-state index in [9.17, 15) is 4.79 Å². The minimum atomic E-state index is -0.209. The first-order valence-electron chi connectivity index (χ1n) is 7.92. The average molecular weight is 320 g/mol. The molecule has 0 aliphatic heterocycles. The summed E-state index contributed by atoms with van der Waals surface area (Å²) in [7, 11) is 0. The molecule has 0 atom stereocenters. The van der Waals surface area contributed by atoms with Crippen molar-refractivity contribution in [1.82, 2.24) is 15.3 Å². The van der Waals surface area contributed by atoms with Gasteiger partial charge in [-0.1, -0.05) is 48.5 Å². The van der Waals surface area contributed by atoms with Crippen LogP contribution < -0.4 is 10.6 Å². The van der Waals surface area contributed by atoms with Gasteiger partial charge in [0.25, 0.3) is 0 Å². The normalized spacial score (nSPS) is 10.4. The molecule has 0 aliphatic rings. The van der Waals surface area contributed by atoms with Crippen molar-refractivity contribution in [2.75, 3.05) is 11.9 Å². The number of hydrogen-bond donors (Lipinski definition) is 3. The quantitative estimate of drug-likeness (QED) is 0.670. The van der Waals surface area contributed by atoms with E-state index >= 15 is 0 Å². The maximum absolute atomic E-state index is 11.9. The number of nitrogens with zero attached hydrogens (tertiary/aromatic N) is 1. The van der Waals surface area contributed by atoms with Gasteiger partial charge in [0.15, 0.2) is 0 Å². The molecule has 122 valence electrons. The second-order valence-corrected chi connectivity index (χ2v) is 5.56. The molecule has 5 heteroatoms. The maximum atomic E-state index is 11.9. The van der Waals surface area contributed by atoms with Crippen molar-refractivity contribution in [2.45, 2.75) is 13.3 Å². The SMILES string of the molecule is Cc1ccccc1NC(=O)NCCc1ncc(-c2ccccc2)[nH]1. The fraction of sp³-hybridized carbons (Fsp3) is 0.158. The topological polar surface area (TPSA) is 69.8 Å². The van der Waals surface area contributed by atoms with Crippen molar-refractivity contribution in [3.05, 3.63) is 72.2 Å². The van der Waals surface area contributed by atoms with Crippen molar-refractivity contribution in [2.24, 2.45) is 0 Å². The molecule has 1 heterocycles. The fourth-order valence-electron chi connectivity index (χ4n) is 2.43. The highest BCUT2D eigenvalue weighted by Gasteiger charge is 2.05. The van der Waals surface area contributed by atoms with E-state index in [1.54, 1.807) is 0 Å². The highest BCUT2D eigenvalue weighted by molar-refractivity contribution is 5.89. The van der Waals surface area contributed by atoms with Gasteiger partial charge in [0, 0.05) is 18.7 Å². The summed E-state index contributed by atoms with van der Waals surface area (Å²) in [6.07, 6.45) is 2.46. The number of amides is 2. The number of aryl methyl sites for hydroxylation is 1. The molecule has 0 aliphatic carbocycles. The third kappa shape index (κ3) is 4.01. The summed E-state index contributed by atoms with van der Waals surface area (Å²) in [4.78, 5) is 19.6. The van der Waals surface area contributed by atoms with Crippen LogP contribution in [0.15, 0.2) is 60.8 Å². The lowest BCUT2D eigenvalue weighted by Gasteiger charge is -2.09. The van der Waals surface area contributed by atoms with E-state index in [-0.39, 0.29) is 6.03 Å². The predicted molar refractivity (Wildman–Crippen MR) is 95.9 cm³/mol. The van der Waals surface area contributed by atoms with Gasteiger partial charge in [0.2, 0.25) is 0 Å². The number of anilines is 1. The van der Waals surface area contributed by atoms with Crippen molar-refractivity contribution in [1.29, 1.82) is 0 Å². The van der Waals surface area contributed by atoms with E-state index in [1.807, 2.05) is 67.7 Å². The molecule has 3 rings (SSSR count). The first kappa shape index (κ1) is 15.8. The van der Waals surface area contributed by atoms with E-state index in [2.05, 4.69) is 20.6 Å². The Balaban J connectivity index is 1.49. The summed E-state index contributed by atoms with van der Waals surface area (Å²) in [5.41, 5.74) is 3.93. The molecule has 0 saturated carbocycles. The van der Waals surface area contributed by atoms with E-state index in [0.29, 0.717) is 13.0 Å². The summed E-state index contributed by atoms with van der Waals surface area (Å²) in [5.74, 6) is 0.852. The fourth-order valence-corrected chi connectivity index (χ4v) is 2.43. The van der Waals surface area contributed by atoms with Crippen molar-refractivity contribution in [3.8, 4) is 11.3 Å². The predicted octanol–water partition coefficient (Wildman–Crippen LogP) is 3.75. The number of carbonyl (C=O) groups is 1.